The first-order valence-electron chi connectivity index (χ1n) is 13.4. The van der Waals surface area contributed by atoms with Gasteiger partial charge in [0.2, 0.25) is 5.03 Å². The van der Waals surface area contributed by atoms with Crippen LogP contribution in [0.25, 0.3) is 11.8 Å². The summed E-state index contributed by atoms with van der Waals surface area (Å²) in [5, 5.41) is 12.2. The lowest BCUT2D eigenvalue weighted by molar-refractivity contribution is -0.137. The molecule has 0 saturated carbocycles. The summed E-state index contributed by atoms with van der Waals surface area (Å²) in [5.74, 6) is -1.16. The maximum atomic E-state index is 14.3. The van der Waals surface area contributed by atoms with Gasteiger partial charge in [0, 0.05) is 19.3 Å². The van der Waals surface area contributed by atoms with Gasteiger partial charge in [0.05, 0.1) is 41.3 Å². The van der Waals surface area contributed by atoms with Gasteiger partial charge in [-0.1, -0.05) is 12.5 Å². The number of Topliss-reactive ketones (excluding diaryl/α,β-unsaturated/α-hetero) is 1. The SMILES string of the molecule is CCCn1ncc(S(=O)(=O)N2CCC3=Cc4c(cnn4-c4ccc(F)cc4)C[C@]3(C(=O)c3cc(C(F)(F)F)ccn3)C2)n1. The van der Waals surface area contributed by atoms with Gasteiger partial charge in [-0.05, 0) is 67.3 Å². The van der Waals surface area contributed by atoms with Crippen LogP contribution in [0.2, 0.25) is 0 Å². The number of carbonyl (C=O) groups is 1. The standard InChI is InChI=1S/C28H25F4N7O3S/c1-2-10-38-34-16-25(36-38)43(41,42)37-11-8-19-13-24-18(15-35-39(24)22-5-3-21(29)4-6-22)14-27(19,17-37)26(40)23-12-20(7-9-33-23)28(30,31)32/h3-7,9,12-13,15-16H,2,8,10-11,14,17H2,1H3/t27-/m0/s1. The molecule has 6 rings (SSSR count). The van der Waals surface area contributed by atoms with E-state index in [1.54, 1.807) is 22.9 Å². The molecule has 0 spiro atoms. The fourth-order valence-electron chi connectivity index (χ4n) is 5.62. The van der Waals surface area contributed by atoms with Crippen LogP contribution in [-0.4, -0.2) is 61.4 Å². The molecule has 1 saturated heterocycles. The van der Waals surface area contributed by atoms with E-state index in [0.717, 1.165) is 22.8 Å². The molecule has 1 aliphatic heterocycles. The first-order valence-corrected chi connectivity index (χ1v) is 14.9. The largest absolute Gasteiger partial charge is 0.416 e. The number of fused-ring (bicyclic) bond motifs is 2. The summed E-state index contributed by atoms with van der Waals surface area (Å²) in [6, 6.07) is 7.12. The highest BCUT2D eigenvalue weighted by Gasteiger charge is 2.52. The molecule has 0 bridgehead atoms. The van der Waals surface area contributed by atoms with Crippen LogP contribution < -0.4 is 0 Å². The molecule has 0 unspecified atom stereocenters. The van der Waals surface area contributed by atoms with Crippen LogP contribution in [0.15, 0.2) is 65.6 Å². The van der Waals surface area contributed by atoms with E-state index in [4.69, 9.17) is 0 Å². The van der Waals surface area contributed by atoms with Gasteiger partial charge in [-0.2, -0.15) is 32.5 Å². The number of halogens is 4. The Morgan fingerprint density at radius 2 is 1.86 bits per heavy atom. The van der Waals surface area contributed by atoms with E-state index < -0.39 is 44.5 Å². The Balaban J connectivity index is 1.45. The lowest BCUT2D eigenvalue weighted by atomic mass is 9.65. The summed E-state index contributed by atoms with van der Waals surface area (Å²) in [4.78, 5) is 19.5. The molecule has 1 fully saturated rings. The van der Waals surface area contributed by atoms with Crippen molar-refractivity contribution in [2.24, 2.45) is 5.41 Å². The van der Waals surface area contributed by atoms with E-state index in [2.05, 4.69) is 20.3 Å². The third-order valence-corrected chi connectivity index (χ3v) is 9.46. The zero-order valence-corrected chi connectivity index (χ0v) is 23.6. The quantitative estimate of drug-likeness (QED) is 0.225. The molecule has 0 amide bonds. The number of sulfonamides is 1. The topological polar surface area (TPSA) is 116 Å². The van der Waals surface area contributed by atoms with Gasteiger partial charge >= 0.3 is 6.18 Å². The van der Waals surface area contributed by atoms with E-state index in [9.17, 15) is 30.8 Å². The second-order valence-electron chi connectivity index (χ2n) is 10.5. The van der Waals surface area contributed by atoms with Crippen LogP contribution in [0.4, 0.5) is 17.6 Å². The minimum Gasteiger partial charge on any atom is -0.291 e. The Bertz CT molecular complexity index is 1850. The number of benzene rings is 1. The Morgan fingerprint density at radius 1 is 1.09 bits per heavy atom. The monoisotopic (exact) mass is 615 g/mol. The molecule has 15 heteroatoms. The van der Waals surface area contributed by atoms with E-state index in [1.165, 1.54) is 23.1 Å². The Hall–Kier alpha value is -4.24. The summed E-state index contributed by atoms with van der Waals surface area (Å²) in [7, 11) is -4.21. The molecule has 1 atom stereocenters. The number of pyridine rings is 1. The van der Waals surface area contributed by atoms with E-state index >= 15 is 0 Å². The average molecular weight is 616 g/mol. The van der Waals surface area contributed by atoms with Crippen molar-refractivity contribution in [1.82, 2.24) is 34.1 Å². The number of ketones is 1. The number of carbonyl (C=O) groups excluding carboxylic acids is 1. The molecule has 0 radical (unpaired) electrons. The molecular weight excluding hydrogens is 590 g/mol. The van der Waals surface area contributed by atoms with Crippen LogP contribution in [0.1, 0.15) is 47.1 Å². The Morgan fingerprint density at radius 3 is 2.58 bits per heavy atom. The predicted octanol–water partition coefficient (Wildman–Crippen LogP) is 4.33. The second kappa shape index (κ2) is 10.5. The van der Waals surface area contributed by atoms with Gasteiger partial charge < -0.3 is 0 Å². The van der Waals surface area contributed by atoms with Crippen molar-refractivity contribution >= 4 is 21.9 Å². The lowest BCUT2D eigenvalue weighted by Gasteiger charge is -2.44. The van der Waals surface area contributed by atoms with Crippen molar-refractivity contribution < 1.29 is 30.8 Å². The maximum absolute atomic E-state index is 14.3. The summed E-state index contributed by atoms with van der Waals surface area (Å²) in [6.45, 7) is 1.95. The van der Waals surface area contributed by atoms with Gasteiger partial charge in [-0.25, -0.2) is 17.5 Å². The van der Waals surface area contributed by atoms with Crippen molar-refractivity contribution in [1.29, 1.82) is 0 Å². The molecule has 2 aliphatic rings. The molecule has 10 nitrogen and oxygen atoms in total. The molecule has 0 N–H and O–H groups in total. The highest BCUT2D eigenvalue weighted by molar-refractivity contribution is 7.89. The number of piperidine rings is 1. The number of nitrogens with zero attached hydrogens (tertiary/aromatic N) is 7. The minimum atomic E-state index is -4.71. The first-order chi connectivity index (χ1) is 20.4. The van der Waals surface area contributed by atoms with Crippen LogP contribution >= 0.6 is 0 Å². The van der Waals surface area contributed by atoms with Gasteiger partial charge in [-0.15, -0.1) is 5.10 Å². The highest BCUT2D eigenvalue weighted by atomic mass is 32.2. The van der Waals surface area contributed by atoms with Crippen LogP contribution in [-0.2, 0) is 29.2 Å². The molecule has 4 heterocycles. The van der Waals surface area contributed by atoms with Crippen molar-refractivity contribution in [3.63, 3.8) is 0 Å². The van der Waals surface area contributed by atoms with E-state index in [-0.39, 0.29) is 31.0 Å². The molecule has 3 aromatic heterocycles. The van der Waals surface area contributed by atoms with Gasteiger partial charge in [0.1, 0.15) is 11.5 Å². The summed E-state index contributed by atoms with van der Waals surface area (Å²) >= 11 is 0. The van der Waals surface area contributed by atoms with Crippen LogP contribution in [0.3, 0.4) is 0 Å². The normalized spacial score (nSPS) is 19.0. The van der Waals surface area contributed by atoms with Crippen LogP contribution in [0.5, 0.6) is 0 Å². The number of aryl methyl sites for hydroxylation is 1. The summed E-state index contributed by atoms with van der Waals surface area (Å²) in [6.07, 6.45) is 1.34. The third kappa shape index (κ3) is 5.05. The summed E-state index contributed by atoms with van der Waals surface area (Å²) in [5.41, 5.74) is -0.750. The summed E-state index contributed by atoms with van der Waals surface area (Å²) < 4.78 is 84.4. The van der Waals surface area contributed by atoms with Crippen molar-refractivity contribution in [2.45, 2.75) is 43.9 Å². The van der Waals surface area contributed by atoms with Gasteiger partial charge in [0.25, 0.3) is 10.0 Å². The first kappa shape index (κ1) is 28.9. The van der Waals surface area contributed by atoms with Crippen LogP contribution in [0, 0.1) is 11.2 Å². The fraction of sp³-hybridized carbons (Fsp3) is 0.321. The second-order valence-corrected chi connectivity index (χ2v) is 12.4. The number of hydrogen-bond donors (Lipinski definition) is 0. The van der Waals surface area contributed by atoms with Crippen molar-refractivity contribution in [3.8, 4) is 5.69 Å². The van der Waals surface area contributed by atoms with Gasteiger partial charge in [-0.3, -0.25) is 9.78 Å². The van der Waals surface area contributed by atoms with Crippen molar-refractivity contribution in [3.05, 3.63) is 88.9 Å². The van der Waals surface area contributed by atoms with E-state index in [0.29, 0.717) is 41.5 Å². The predicted molar refractivity (Wildman–Crippen MR) is 145 cm³/mol. The number of alkyl halides is 3. The lowest BCUT2D eigenvalue weighted by Crippen LogP contribution is -2.53. The smallest absolute Gasteiger partial charge is 0.291 e. The maximum Gasteiger partial charge on any atom is 0.416 e. The molecule has 4 aromatic rings. The highest BCUT2D eigenvalue weighted by Crippen LogP contribution is 2.47. The van der Waals surface area contributed by atoms with Gasteiger partial charge in [0.15, 0.2) is 5.78 Å². The third-order valence-electron chi connectivity index (χ3n) is 7.75. The molecule has 1 aromatic carbocycles. The van der Waals surface area contributed by atoms with Crippen molar-refractivity contribution in [2.75, 3.05) is 13.1 Å². The number of hydrogen-bond acceptors (Lipinski definition) is 7. The fourth-order valence-corrected chi connectivity index (χ4v) is 6.99. The average Bonchev–Trinajstić information content (AvgIpc) is 3.63. The molecular formula is C28H25F4N7O3S. The Kier molecular flexibility index (Phi) is 7.04. The molecule has 43 heavy (non-hydrogen) atoms. The number of rotatable bonds is 7. The zero-order chi connectivity index (χ0) is 30.6. The molecule has 1 aliphatic carbocycles. The van der Waals surface area contributed by atoms with E-state index in [1.807, 2.05) is 6.92 Å². The number of aromatic nitrogens is 6. The molecule has 224 valence electrons. The minimum absolute atomic E-state index is 0.000126. The Labute approximate surface area is 243 Å². The zero-order valence-electron chi connectivity index (χ0n) is 22.8.